The fourth-order valence-corrected chi connectivity index (χ4v) is 2.76. The molecule has 0 aliphatic rings. The molecule has 1 atom stereocenters. The minimum atomic E-state index is -0.213. The number of carbonyl (C=O) groups excluding carboxylic acids is 1. The highest BCUT2D eigenvalue weighted by molar-refractivity contribution is 6.01. The molecule has 1 amide bonds. The van der Waals surface area contributed by atoms with Gasteiger partial charge in [-0.15, -0.1) is 15.3 Å². The predicted molar refractivity (Wildman–Crippen MR) is 118 cm³/mol. The Morgan fingerprint density at radius 2 is 2.16 bits per heavy atom. The monoisotopic (exact) mass is 420 g/mol. The zero-order chi connectivity index (χ0) is 22.2. The Morgan fingerprint density at radius 1 is 1.32 bits per heavy atom. The van der Waals surface area contributed by atoms with Gasteiger partial charge in [0.1, 0.15) is 12.0 Å². The lowest BCUT2D eigenvalue weighted by Crippen LogP contribution is -2.24. The number of hydrogen-bond donors (Lipinski definition) is 1. The average Bonchev–Trinajstić information content (AvgIpc) is 3.27. The van der Waals surface area contributed by atoms with Gasteiger partial charge in [0.2, 0.25) is 5.91 Å². The first kappa shape index (κ1) is 21.8. The fourth-order valence-electron chi connectivity index (χ4n) is 2.76. The quantitative estimate of drug-likeness (QED) is 0.418. The summed E-state index contributed by atoms with van der Waals surface area (Å²) < 4.78 is 6.72. The van der Waals surface area contributed by atoms with Crippen molar-refractivity contribution >= 4 is 28.9 Å². The Hall–Kier alpha value is -3.92. The molecule has 1 unspecified atom stereocenters. The third kappa shape index (κ3) is 5.58. The number of amides is 1. The molecule has 31 heavy (non-hydrogen) atoms. The first-order valence-electron chi connectivity index (χ1n) is 9.56. The molecule has 0 saturated carbocycles. The van der Waals surface area contributed by atoms with E-state index in [0.717, 1.165) is 0 Å². The summed E-state index contributed by atoms with van der Waals surface area (Å²) in [7, 11) is 3.31. The van der Waals surface area contributed by atoms with E-state index in [9.17, 15) is 4.79 Å². The molecule has 0 fully saturated rings. The molecule has 0 aliphatic carbocycles. The number of azo groups is 1. The number of anilines is 2. The van der Waals surface area contributed by atoms with Gasteiger partial charge in [0.25, 0.3) is 5.95 Å². The van der Waals surface area contributed by atoms with Crippen LogP contribution in [0.4, 0.5) is 23.0 Å². The maximum absolute atomic E-state index is 12.0. The Morgan fingerprint density at radius 3 is 2.87 bits per heavy atom. The van der Waals surface area contributed by atoms with Crippen LogP contribution < -0.4 is 10.2 Å². The van der Waals surface area contributed by atoms with Crippen LogP contribution in [-0.4, -0.2) is 52.5 Å². The van der Waals surface area contributed by atoms with E-state index in [0.29, 0.717) is 29.5 Å². The van der Waals surface area contributed by atoms with Gasteiger partial charge in [-0.2, -0.15) is 4.98 Å². The molecule has 0 saturated heterocycles. The topological polar surface area (TPSA) is 110 Å². The Labute approximate surface area is 180 Å². The van der Waals surface area contributed by atoms with E-state index in [-0.39, 0.29) is 17.9 Å². The third-order valence-electron chi connectivity index (χ3n) is 4.30. The molecule has 0 radical (unpaired) electrons. The number of pyridine rings is 1. The summed E-state index contributed by atoms with van der Waals surface area (Å²) in [5, 5.41) is 16.1. The number of nitrogens with one attached hydrogen (secondary N) is 1. The second-order valence-electron chi connectivity index (χ2n) is 6.68. The number of hydrogen-bond acceptors (Lipinski definition) is 8. The van der Waals surface area contributed by atoms with Crippen molar-refractivity contribution in [1.29, 1.82) is 0 Å². The molecular formula is C21H24N8O2. The smallest absolute Gasteiger partial charge is 0.287 e. The first-order chi connectivity index (χ1) is 15.0. The Kier molecular flexibility index (Phi) is 7.17. The highest BCUT2D eigenvalue weighted by atomic mass is 16.5. The molecule has 2 heterocycles. The van der Waals surface area contributed by atoms with Gasteiger partial charge in [-0.3, -0.25) is 4.79 Å². The van der Waals surface area contributed by atoms with Gasteiger partial charge in [-0.05, 0) is 43.3 Å². The second-order valence-corrected chi connectivity index (χ2v) is 6.68. The van der Waals surface area contributed by atoms with Crippen molar-refractivity contribution in [3.05, 3.63) is 61.6 Å². The molecule has 10 heteroatoms. The summed E-state index contributed by atoms with van der Waals surface area (Å²) >= 11 is 0. The lowest BCUT2D eigenvalue weighted by molar-refractivity contribution is -0.113. The van der Waals surface area contributed by atoms with Crippen molar-refractivity contribution in [3.63, 3.8) is 0 Å². The molecule has 1 aromatic carbocycles. The fraction of sp³-hybridized carbons (Fsp3) is 0.238. The van der Waals surface area contributed by atoms with E-state index in [1.165, 1.54) is 22.0 Å². The molecular weight excluding hydrogens is 396 g/mol. The van der Waals surface area contributed by atoms with Crippen molar-refractivity contribution in [1.82, 2.24) is 19.7 Å². The van der Waals surface area contributed by atoms with Crippen LogP contribution in [0.2, 0.25) is 0 Å². The SMILES string of the molecule is C=CC(=O)N(C)c1ccc(N=Nc2ncn(-c3ccccn3)n2)c(NC(C)COC)c1. The number of methoxy groups -OCH3 is 1. The summed E-state index contributed by atoms with van der Waals surface area (Å²) in [6, 6.07) is 10.9. The van der Waals surface area contributed by atoms with Crippen LogP contribution in [0.15, 0.2) is 71.8 Å². The molecule has 3 aromatic rings. The summed E-state index contributed by atoms with van der Waals surface area (Å²) in [6.07, 6.45) is 4.46. The number of ether oxygens (including phenoxy) is 1. The van der Waals surface area contributed by atoms with E-state index in [2.05, 4.69) is 37.2 Å². The molecule has 2 aromatic heterocycles. The van der Waals surface area contributed by atoms with Crippen molar-refractivity contribution in [2.45, 2.75) is 13.0 Å². The van der Waals surface area contributed by atoms with Crippen LogP contribution in [0.1, 0.15) is 6.92 Å². The molecule has 0 aliphatic heterocycles. The van der Waals surface area contributed by atoms with E-state index in [4.69, 9.17) is 4.74 Å². The summed E-state index contributed by atoms with van der Waals surface area (Å²) in [5.74, 6) is 0.616. The van der Waals surface area contributed by atoms with Gasteiger partial charge in [0, 0.05) is 32.1 Å². The number of benzene rings is 1. The van der Waals surface area contributed by atoms with E-state index >= 15 is 0 Å². The van der Waals surface area contributed by atoms with E-state index in [1.807, 2.05) is 31.2 Å². The van der Waals surface area contributed by atoms with Crippen molar-refractivity contribution in [3.8, 4) is 5.82 Å². The Bertz CT molecular complexity index is 1060. The molecule has 0 spiro atoms. The largest absolute Gasteiger partial charge is 0.383 e. The first-order valence-corrected chi connectivity index (χ1v) is 9.56. The number of aromatic nitrogens is 4. The Balaban J connectivity index is 1.87. The van der Waals surface area contributed by atoms with Gasteiger partial charge in [0.15, 0.2) is 5.82 Å². The van der Waals surface area contributed by atoms with E-state index in [1.54, 1.807) is 32.5 Å². The lowest BCUT2D eigenvalue weighted by Gasteiger charge is -2.20. The molecule has 3 rings (SSSR count). The predicted octanol–water partition coefficient (Wildman–Crippen LogP) is 3.67. The van der Waals surface area contributed by atoms with Crippen molar-refractivity contribution < 1.29 is 9.53 Å². The highest BCUT2D eigenvalue weighted by Crippen LogP contribution is 2.31. The van der Waals surface area contributed by atoms with Gasteiger partial charge in [0.05, 0.1) is 12.3 Å². The molecule has 10 nitrogen and oxygen atoms in total. The summed E-state index contributed by atoms with van der Waals surface area (Å²) in [4.78, 5) is 21.8. The average molecular weight is 420 g/mol. The highest BCUT2D eigenvalue weighted by Gasteiger charge is 2.13. The zero-order valence-corrected chi connectivity index (χ0v) is 17.6. The molecule has 160 valence electrons. The minimum Gasteiger partial charge on any atom is -0.383 e. The van der Waals surface area contributed by atoms with Crippen LogP contribution in [0.5, 0.6) is 0 Å². The second kappa shape index (κ2) is 10.2. The van der Waals surface area contributed by atoms with Crippen LogP contribution in [0, 0.1) is 0 Å². The normalized spacial score (nSPS) is 12.0. The van der Waals surface area contributed by atoms with Crippen LogP contribution in [0.25, 0.3) is 5.82 Å². The summed E-state index contributed by atoms with van der Waals surface area (Å²) in [5.41, 5.74) is 1.95. The lowest BCUT2D eigenvalue weighted by atomic mass is 10.2. The number of carbonyl (C=O) groups is 1. The van der Waals surface area contributed by atoms with Gasteiger partial charge in [-0.25, -0.2) is 9.67 Å². The van der Waals surface area contributed by atoms with Crippen LogP contribution >= 0.6 is 0 Å². The van der Waals surface area contributed by atoms with Crippen molar-refractivity contribution in [2.75, 3.05) is 31.0 Å². The van der Waals surface area contributed by atoms with Crippen molar-refractivity contribution in [2.24, 2.45) is 10.2 Å². The van der Waals surface area contributed by atoms with Gasteiger partial charge >= 0.3 is 0 Å². The number of rotatable bonds is 9. The van der Waals surface area contributed by atoms with Crippen LogP contribution in [0.3, 0.4) is 0 Å². The molecule has 1 N–H and O–H groups in total. The number of likely N-dealkylation sites (N-methyl/N-ethyl adjacent to an activating group) is 1. The minimum absolute atomic E-state index is 0.0103. The molecule has 0 bridgehead atoms. The maximum atomic E-state index is 12.0. The summed E-state index contributed by atoms with van der Waals surface area (Å²) in [6.45, 7) is 6.01. The van der Waals surface area contributed by atoms with Crippen LogP contribution in [-0.2, 0) is 9.53 Å². The van der Waals surface area contributed by atoms with Gasteiger partial charge in [-0.1, -0.05) is 12.6 Å². The standard InChI is InChI=1S/C21H24N8O2/c1-5-20(30)28(3)16-9-10-17(18(12-16)24-15(2)13-31-4)25-26-21-23-14-29(27-21)19-8-6-7-11-22-19/h5-12,14-15,24H,1,13H2,2-4H3. The zero-order valence-electron chi connectivity index (χ0n) is 17.6. The van der Waals surface area contributed by atoms with Gasteiger partial charge < -0.3 is 15.0 Å². The maximum Gasteiger partial charge on any atom is 0.287 e. The van der Waals surface area contributed by atoms with E-state index < -0.39 is 0 Å². The number of nitrogens with zero attached hydrogens (tertiary/aromatic N) is 7. The third-order valence-corrected chi connectivity index (χ3v) is 4.30.